The molecule has 2 amide bonds. The second kappa shape index (κ2) is 5.87. The third kappa shape index (κ3) is 2.64. The lowest BCUT2D eigenvalue weighted by Gasteiger charge is -2.13. The monoisotopic (exact) mass is 298 g/mol. The smallest absolute Gasteiger partial charge is 0.285 e. The summed E-state index contributed by atoms with van der Waals surface area (Å²) >= 11 is 0. The van der Waals surface area contributed by atoms with Gasteiger partial charge in [0, 0.05) is 5.69 Å². The number of rotatable bonds is 5. The average molecular weight is 298 g/mol. The average Bonchev–Trinajstić information content (AvgIpc) is 2.78. The van der Waals surface area contributed by atoms with E-state index in [1.54, 1.807) is 48.5 Å². The predicted octanol–water partition coefficient (Wildman–Crippen LogP) is 1.88. The van der Waals surface area contributed by atoms with E-state index in [2.05, 4.69) is 0 Å². The lowest BCUT2D eigenvalue weighted by Crippen LogP contribution is -2.31. The van der Waals surface area contributed by atoms with Crippen molar-refractivity contribution in [2.24, 2.45) is 0 Å². The fourth-order valence-electron chi connectivity index (χ4n) is 2.14. The number of carbonyl (C=O) groups excluding carboxylic acids is 2. The highest BCUT2D eigenvalue weighted by Crippen LogP contribution is 2.22. The Morgan fingerprint density at radius 1 is 0.864 bits per heavy atom. The van der Waals surface area contributed by atoms with Gasteiger partial charge in [-0.05, 0) is 36.4 Å². The minimum Gasteiger partial charge on any atom is -0.491 e. The number of amides is 2. The highest BCUT2D eigenvalue weighted by molar-refractivity contribution is 6.20. The summed E-state index contributed by atoms with van der Waals surface area (Å²) in [7, 11) is 0. The SMILES string of the molecule is Nc1ccc(OCCON2C(=O)c3ccccc3C2=O)cc1. The normalized spacial score (nSPS) is 13.4. The van der Waals surface area contributed by atoms with E-state index in [4.69, 9.17) is 15.3 Å². The highest BCUT2D eigenvalue weighted by Gasteiger charge is 2.36. The van der Waals surface area contributed by atoms with Crippen LogP contribution < -0.4 is 10.5 Å². The summed E-state index contributed by atoms with van der Waals surface area (Å²) in [5.41, 5.74) is 6.93. The fourth-order valence-corrected chi connectivity index (χ4v) is 2.14. The Labute approximate surface area is 127 Å². The molecule has 22 heavy (non-hydrogen) atoms. The third-order valence-corrected chi connectivity index (χ3v) is 3.21. The minimum absolute atomic E-state index is 0.0792. The predicted molar refractivity (Wildman–Crippen MR) is 79.2 cm³/mol. The first-order chi connectivity index (χ1) is 10.7. The van der Waals surface area contributed by atoms with Gasteiger partial charge in [0.1, 0.15) is 19.0 Å². The standard InChI is InChI=1S/C16H14N2O4/c17-11-5-7-12(8-6-11)21-9-10-22-18-15(19)13-3-1-2-4-14(13)16(18)20/h1-8H,9-10,17H2. The second-order valence-electron chi connectivity index (χ2n) is 4.70. The van der Waals surface area contributed by atoms with Crippen molar-refractivity contribution < 1.29 is 19.2 Å². The van der Waals surface area contributed by atoms with Crippen LogP contribution in [0.4, 0.5) is 5.69 Å². The zero-order chi connectivity index (χ0) is 15.5. The molecule has 0 radical (unpaired) electrons. The molecule has 0 aromatic heterocycles. The van der Waals surface area contributed by atoms with Gasteiger partial charge in [-0.2, -0.15) is 0 Å². The molecule has 0 saturated carbocycles. The van der Waals surface area contributed by atoms with Crippen molar-refractivity contribution in [3.05, 3.63) is 59.7 Å². The molecule has 2 aromatic carbocycles. The number of anilines is 1. The molecule has 1 aliphatic rings. The van der Waals surface area contributed by atoms with Crippen LogP contribution >= 0.6 is 0 Å². The van der Waals surface area contributed by atoms with Crippen molar-refractivity contribution in [1.82, 2.24) is 5.06 Å². The van der Waals surface area contributed by atoms with Gasteiger partial charge in [0.15, 0.2) is 0 Å². The maximum Gasteiger partial charge on any atom is 0.285 e. The van der Waals surface area contributed by atoms with E-state index in [0.29, 0.717) is 22.6 Å². The van der Waals surface area contributed by atoms with Crippen molar-refractivity contribution in [3.8, 4) is 5.75 Å². The topological polar surface area (TPSA) is 81.9 Å². The summed E-state index contributed by atoms with van der Waals surface area (Å²) in [6.07, 6.45) is 0. The Bertz CT molecular complexity index is 677. The van der Waals surface area contributed by atoms with Crippen molar-refractivity contribution >= 4 is 17.5 Å². The molecule has 1 aliphatic heterocycles. The van der Waals surface area contributed by atoms with Crippen LogP contribution in [-0.2, 0) is 4.84 Å². The first-order valence-corrected chi connectivity index (χ1v) is 6.76. The Morgan fingerprint density at radius 2 is 1.45 bits per heavy atom. The number of nitrogen functional groups attached to an aromatic ring is 1. The van der Waals surface area contributed by atoms with Crippen molar-refractivity contribution in [2.75, 3.05) is 18.9 Å². The van der Waals surface area contributed by atoms with E-state index in [0.717, 1.165) is 5.06 Å². The second-order valence-corrected chi connectivity index (χ2v) is 4.70. The van der Waals surface area contributed by atoms with E-state index in [1.807, 2.05) is 0 Å². The summed E-state index contributed by atoms with van der Waals surface area (Å²) < 4.78 is 5.44. The van der Waals surface area contributed by atoms with Gasteiger partial charge >= 0.3 is 0 Å². The molecule has 6 nitrogen and oxygen atoms in total. The Kier molecular flexibility index (Phi) is 3.76. The maximum atomic E-state index is 12.0. The van der Waals surface area contributed by atoms with Gasteiger partial charge in [0.25, 0.3) is 11.8 Å². The van der Waals surface area contributed by atoms with Gasteiger partial charge in [0.05, 0.1) is 11.1 Å². The van der Waals surface area contributed by atoms with Gasteiger partial charge in [0.2, 0.25) is 0 Å². The number of hydrogen-bond donors (Lipinski definition) is 1. The van der Waals surface area contributed by atoms with Crippen LogP contribution in [0.15, 0.2) is 48.5 Å². The molecular weight excluding hydrogens is 284 g/mol. The fraction of sp³-hybridized carbons (Fsp3) is 0.125. The van der Waals surface area contributed by atoms with E-state index < -0.39 is 11.8 Å². The minimum atomic E-state index is -0.451. The van der Waals surface area contributed by atoms with Gasteiger partial charge in [-0.15, -0.1) is 5.06 Å². The highest BCUT2D eigenvalue weighted by atomic mass is 16.7. The maximum absolute atomic E-state index is 12.0. The number of imide groups is 1. The number of carbonyl (C=O) groups is 2. The molecule has 2 aromatic rings. The van der Waals surface area contributed by atoms with Crippen LogP contribution in [0.2, 0.25) is 0 Å². The van der Waals surface area contributed by atoms with Crippen molar-refractivity contribution in [1.29, 1.82) is 0 Å². The molecule has 3 rings (SSSR count). The molecule has 0 aliphatic carbocycles. The molecular formula is C16H14N2O4. The van der Waals surface area contributed by atoms with E-state index in [9.17, 15) is 9.59 Å². The lowest BCUT2D eigenvalue weighted by atomic mass is 10.1. The van der Waals surface area contributed by atoms with Gasteiger partial charge < -0.3 is 10.5 Å². The summed E-state index contributed by atoms with van der Waals surface area (Å²) in [5.74, 6) is -0.263. The number of fused-ring (bicyclic) bond motifs is 1. The summed E-state index contributed by atoms with van der Waals surface area (Å²) in [5, 5.41) is 0.775. The van der Waals surface area contributed by atoms with E-state index in [1.165, 1.54) is 0 Å². The number of benzene rings is 2. The summed E-state index contributed by atoms with van der Waals surface area (Å²) in [4.78, 5) is 29.3. The Morgan fingerprint density at radius 3 is 2.05 bits per heavy atom. The van der Waals surface area contributed by atoms with Crippen LogP contribution in [-0.4, -0.2) is 30.1 Å². The molecule has 1 heterocycles. The number of hydroxylamine groups is 2. The molecule has 0 atom stereocenters. The van der Waals surface area contributed by atoms with Crippen LogP contribution in [0.1, 0.15) is 20.7 Å². The van der Waals surface area contributed by atoms with Crippen LogP contribution in [0, 0.1) is 0 Å². The van der Waals surface area contributed by atoms with Crippen molar-refractivity contribution in [2.45, 2.75) is 0 Å². The van der Waals surface area contributed by atoms with Crippen LogP contribution in [0.3, 0.4) is 0 Å². The van der Waals surface area contributed by atoms with Gasteiger partial charge in [-0.3, -0.25) is 14.4 Å². The molecule has 112 valence electrons. The Balaban J connectivity index is 1.54. The van der Waals surface area contributed by atoms with Crippen molar-refractivity contribution in [3.63, 3.8) is 0 Å². The Hall–Kier alpha value is -2.86. The molecule has 2 N–H and O–H groups in total. The molecule has 0 saturated heterocycles. The van der Waals surface area contributed by atoms with Crippen LogP contribution in [0.25, 0.3) is 0 Å². The number of nitrogens with zero attached hydrogens (tertiary/aromatic N) is 1. The molecule has 0 spiro atoms. The zero-order valence-electron chi connectivity index (χ0n) is 11.7. The van der Waals surface area contributed by atoms with Gasteiger partial charge in [-0.1, -0.05) is 12.1 Å². The molecule has 0 fully saturated rings. The quantitative estimate of drug-likeness (QED) is 0.518. The largest absolute Gasteiger partial charge is 0.491 e. The molecule has 6 heteroatoms. The van der Waals surface area contributed by atoms with E-state index in [-0.39, 0.29) is 13.2 Å². The zero-order valence-corrected chi connectivity index (χ0v) is 11.7. The van der Waals surface area contributed by atoms with E-state index >= 15 is 0 Å². The molecule has 0 unspecified atom stereocenters. The molecule has 0 bridgehead atoms. The number of nitrogens with two attached hydrogens (primary N) is 1. The summed E-state index contributed by atoms with van der Waals surface area (Å²) in [6.45, 7) is 0.285. The van der Waals surface area contributed by atoms with Gasteiger partial charge in [-0.25, -0.2) is 0 Å². The lowest BCUT2D eigenvalue weighted by molar-refractivity contribution is -0.0976. The number of ether oxygens (including phenoxy) is 1. The van der Waals surface area contributed by atoms with Crippen LogP contribution in [0.5, 0.6) is 5.75 Å². The number of hydrogen-bond acceptors (Lipinski definition) is 5. The first kappa shape index (κ1) is 14.1. The third-order valence-electron chi connectivity index (χ3n) is 3.21. The summed E-state index contributed by atoms with van der Waals surface area (Å²) in [6, 6.07) is 13.5. The first-order valence-electron chi connectivity index (χ1n) is 6.76.